The lowest BCUT2D eigenvalue weighted by atomic mass is 9.96. The highest BCUT2D eigenvalue weighted by Crippen LogP contribution is 2.40. The Hall–Kier alpha value is -4.52. The number of rotatable bonds is 8. The Kier molecular flexibility index (Phi) is 6.87. The minimum Gasteiger partial charge on any atom is -0.456 e. The molecule has 0 aliphatic heterocycles. The Bertz CT molecular complexity index is 1250. The van der Waals surface area contributed by atoms with Crippen molar-refractivity contribution in [3.8, 4) is 11.5 Å². The maximum atomic E-state index is 12.2. The molecule has 0 aliphatic carbocycles. The lowest BCUT2D eigenvalue weighted by molar-refractivity contribution is -0.517. The third kappa shape index (κ3) is 5.19. The fraction of sp³-hybridized carbons (Fsp3) is 0.143. The molecule has 7 nitrogen and oxygen atoms in total. The van der Waals surface area contributed by atoms with Crippen molar-refractivity contribution >= 4 is 0 Å². The second-order valence-electron chi connectivity index (χ2n) is 8.38. The summed E-state index contributed by atoms with van der Waals surface area (Å²) in [4.78, 5) is 23.6. The number of nitrogens with zero attached hydrogens (tertiary/aromatic N) is 2. The van der Waals surface area contributed by atoms with E-state index >= 15 is 0 Å². The van der Waals surface area contributed by atoms with E-state index in [2.05, 4.69) is 0 Å². The van der Waals surface area contributed by atoms with E-state index in [0.717, 1.165) is 11.1 Å². The first-order valence-electron chi connectivity index (χ1n) is 11.1. The predicted molar refractivity (Wildman–Crippen MR) is 133 cm³/mol. The van der Waals surface area contributed by atoms with Crippen LogP contribution >= 0.6 is 0 Å². The van der Waals surface area contributed by atoms with Crippen molar-refractivity contribution in [3.63, 3.8) is 0 Å². The van der Waals surface area contributed by atoms with Crippen molar-refractivity contribution < 1.29 is 14.6 Å². The lowest BCUT2D eigenvalue weighted by Gasteiger charge is -2.19. The largest absolute Gasteiger partial charge is 0.456 e. The van der Waals surface area contributed by atoms with Crippen LogP contribution in [-0.4, -0.2) is 9.85 Å². The minimum absolute atomic E-state index is 0.279. The van der Waals surface area contributed by atoms with Crippen molar-refractivity contribution in [2.75, 3.05) is 0 Å². The molecule has 0 saturated heterocycles. The predicted octanol–water partition coefficient (Wildman–Crippen LogP) is 6.83. The maximum Gasteiger partial charge on any atom is 0.266 e. The average Bonchev–Trinajstić information content (AvgIpc) is 2.83. The van der Waals surface area contributed by atoms with E-state index in [-0.39, 0.29) is 21.3 Å². The van der Waals surface area contributed by atoms with Gasteiger partial charge in [-0.05, 0) is 38.1 Å². The van der Waals surface area contributed by atoms with Gasteiger partial charge in [0.1, 0.15) is 11.5 Å². The third-order valence-electron chi connectivity index (χ3n) is 5.79. The molecular weight excluding hydrogens is 444 g/mol. The van der Waals surface area contributed by atoms with Gasteiger partial charge in [0.05, 0.1) is 11.1 Å². The van der Waals surface area contributed by atoms with Gasteiger partial charge in [0.15, 0.2) is 0 Å². The Morgan fingerprint density at radius 3 is 1.31 bits per heavy atom. The molecule has 35 heavy (non-hydrogen) atoms. The molecular formula is C28H24N2O5. The molecule has 0 N–H and O–H groups in total. The molecule has 0 spiro atoms. The van der Waals surface area contributed by atoms with Gasteiger partial charge in [-0.25, -0.2) is 0 Å². The van der Waals surface area contributed by atoms with Crippen LogP contribution in [0.1, 0.15) is 45.5 Å². The van der Waals surface area contributed by atoms with Gasteiger partial charge < -0.3 is 4.74 Å². The average molecular weight is 469 g/mol. The second-order valence-corrected chi connectivity index (χ2v) is 8.38. The van der Waals surface area contributed by atoms with Crippen molar-refractivity contribution in [2.24, 2.45) is 0 Å². The van der Waals surface area contributed by atoms with Gasteiger partial charge in [0.2, 0.25) is 0 Å². The van der Waals surface area contributed by atoms with Crippen LogP contribution in [0.25, 0.3) is 0 Å². The summed E-state index contributed by atoms with van der Waals surface area (Å²) in [7, 11) is 0. The molecule has 7 heteroatoms. The van der Waals surface area contributed by atoms with E-state index in [0.29, 0.717) is 22.3 Å². The van der Waals surface area contributed by atoms with Crippen LogP contribution in [0.4, 0.5) is 0 Å². The Balaban J connectivity index is 1.84. The first kappa shape index (κ1) is 23.6. The van der Waals surface area contributed by atoms with Crippen LogP contribution < -0.4 is 4.74 Å². The van der Waals surface area contributed by atoms with Gasteiger partial charge in [-0.2, -0.15) is 0 Å². The SMILES string of the molecule is Cc1ccc(Oc2ccc(C)cc2C(c2ccccc2)[N+](=O)[O-])c(C(c2ccccc2)[N+](=O)[O-])c1. The van der Waals surface area contributed by atoms with E-state index in [9.17, 15) is 20.2 Å². The van der Waals surface area contributed by atoms with E-state index in [1.165, 1.54) is 0 Å². The molecule has 0 aromatic heterocycles. The fourth-order valence-electron chi connectivity index (χ4n) is 4.17. The molecule has 2 atom stereocenters. The highest BCUT2D eigenvalue weighted by Gasteiger charge is 2.32. The minimum atomic E-state index is -1.15. The molecule has 4 aromatic rings. The number of hydrogen-bond acceptors (Lipinski definition) is 5. The van der Waals surface area contributed by atoms with Gasteiger partial charge in [-0.1, -0.05) is 83.9 Å². The standard InChI is InChI=1S/C28H24N2O5/c1-19-13-15-25(23(17-19)27(29(31)32)21-9-5-3-6-10-21)35-26-16-14-20(2)18-24(26)28(30(33)34)22-11-7-4-8-12-22/h3-18,27-28H,1-2H3. The first-order chi connectivity index (χ1) is 16.8. The normalized spacial score (nSPS) is 12.5. The number of benzene rings is 4. The number of hydrogen-bond donors (Lipinski definition) is 0. The zero-order valence-electron chi connectivity index (χ0n) is 19.3. The van der Waals surface area contributed by atoms with E-state index in [4.69, 9.17) is 4.74 Å². The molecule has 0 saturated carbocycles. The van der Waals surface area contributed by atoms with Crippen molar-refractivity contribution in [3.05, 3.63) is 151 Å². The first-order valence-corrected chi connectivity index (χ1v) is 11.1. The molecule has 4 aromatic carbocycles. The van der Waals surface area contributed by atoms with E-state index in [1.807, 2.05) is 13.8 Å². The highest BCUT2D eigenvalue weighted by atomic mass is 16.6. The van der Waals surface area contributed by atoms with Crippen LogP contribution in [0.5, 0.6) is 11.5 Å². The molecule has 0 amide bonds. The fourth-order valence-corrected chi connectivity index (χ4v) is 4.17. The summed E-state index contributed by atoms with van der Waals surface area (Å²) < 4.78 is 6.25. The topological polar surface area (TPSA) is 95.5 Å². The zero-order valence-corrected chi connectivity index (χ0v) is 19.3. The summed E-state index contributed by atoms with van der Waals surface area (Å²) in [5.41, 5.74) is 3.47. The summed E-state index contributed by atoms with van der Waals surface area (Å²) in [5.74, 6) is 0.558. The van der Waals surface area contributed by atoms with Gasteiger partial charge in [0.25, 0.3) is 12.1 Å². The number of nitro groups is 2. The molecule has 0 fully saturated rings. The molecule has 0 aliphatic rings. The number of ether oxygens (including phenoxy) is 1. The highest BCUT2D eigenvalue weighted by molar-refractivity contribution is 5.49. The van der Waals surface area contributed by atoms with Gasteiger partial charge in [0, 0.05) is 21.0 Å². The molecule has 0 heterocycles. The maximum absolute atomic E-state index is 12.2. The number of aryl methyl sites for hydroxylation is 2. The van der Waals surface area contributed by atoms with Crippen LogP contribution in [0, 0.1) is 34.1 Å². The zero-order chi connectivity index (χ0) is 24.9. The van der Waals surface area contributed by atoms with Crippen molar-refractivity contribution in [2.45, 2.75) is 25.9 Å². The Morgan fingerprint density at radius 2 is 0.971 bits per heavy atom. The lowest BCUT2D eigenvalue weighted by Crippen LogP contribution is -2.15. The second kappa shape index (κ2) is 10.2. The van der Waals surface area contributed by atoms with Gasteiger partial charge in [-0.3, -0.25) is 20.2 Å². The van der Waals surface area contributed by atoms with E-state index < -0.39 is 12.1 Å². The van der Waals surface area contributed by atoms with Crippen LogP contribution in [-0.2, 0) is 0 Å². The molecule has 4 rings (SSSR count). The summed E-state index contributed by atoms with van der Waals surface area (Å²) in [6, 6.07) is 25.5. The molecule has 0 radical (unpaired) electrons. The quantitative estimate of drug-likeness (QED) is 0.209. The van der Waals surface area contributed by atoms with E-state index in [1.54, 1.807) is 97.1 Å². The molecule has 2 unspecified atom stereocenters. The van der Waals surface area contributed by atoms with Crippen molar-refractivity contribution in [1.29, 1.82) is 0 Å². The summed E-state index contributed by atoms with van der Waals surface area (Å²) in [6.07, 6.45) is 0. The van der Waals surface area contributed by atoms with Gasteiger partial charge >= 0.3 is 0 Å². The molecule has 0 bridgehead atoms. The Labute approximate surface area is 202 Å². The summed E-state index contributed by atoms with van der Waals surface area (Å²) >= 11 is 0. The third-order valence-corrected chi connectivity index (χ3v) is 5.79. The van der Waals surface area contributed by atoms with Gasteiger partial charge in [-0.15, -0.1) is 0 Å². The summed E-state index contributed by atoms with van der Waals surface area (Å²) in [6.45, 7) is 3.70. The Morgan fingerprint density at radius 1 is 0.600 bits per heavy atom. The van der Waals surface area contributed by atoms with Crippen molar-refractivity contribution in [1.82, 2.24) is 0 Å². The molecule has 176 valence electrons. The smallest absolute Gasteiger partial charge is 0.266 e. The monoisotopic (exact) mass is 468 g/mol. The van der Waals surface area contributed by atoms with Crippen LogP contribution in [0.2, 0.25) is 0 Å². The van der Waals surface area contributed by atoms with Crippen LogP contribution in [0.3, 0.4) is 0 Å². The summed E-state index contributed by atoms with van der Waals surface area (Å²) in [5, 5.41) is 24.3. The van der Waals surface area contributed by atoms with Crippen LogP contribution in [0.15, 0.2) is 97.1 Å².